The Morgan fingerprint density at radius 1 is 1.36 bits per heavy atom. The summed E-state index contributed by atoms with van der Waals surface area (Å²) < 4.78 is 6.82. The Morgan fingerprint density at radius 3 is 2.82 bits per heavy atom. The molecule has 0 aliphatic heterocycles. The van der Waals surface area contributed by atoms with E-state index in [0.717, 1.165) is 12.8 Å². The number of aromatic nitrogens is 1. The third-order valence-electron chi connectivity index (χ3n) is 4.76. The Balaban J connectivity index is 1.76. The molecule has 1 atom stereocenters. The van der Waals surface area contributed by atoms with E-state index >= 15 is 0 Å². The van der Waals surface area contributed by atoms with Gasteiger partial charge in [-0.05, 0) is 31.7 Å². The highest BCUT2D eigenvalue weighted by Gasteiger charge is 2.22. The monoisotopic (exact) mass is 396 g/mol. The lowest BCUT2D eigenvalue weighted by atomic mass is 9.85. The van der Waals surface area contributed by atoms with Gasteiger partial charge in [-0.2, -0.15) is 9.40 Å². The number of nitrogens with zero attached hydrogens (tertiary/aromatic N) is 2. The van der Waals surface area contributed by atoms with Gasteiger partial charge < -0.3 is 15.4 Å². The van der Waals surface area contributed by atoms with Gasteiger partial charge in [0, 0.05) is 12.1 Å². The average Bonchev–Trinajstić information content (AvgIpc) is 2.70. The second-order valence-corrected chi connectivity index (χ2v) is 6.83. The van der Waals surface area contributed by atoms with Crippen LogP contribution < -0.4 is 15.2 Å². The number of nitrogens with one attached hydrogen (secondary N) is 2. The van der Waals surface area contributed by atoms with E-state index in [9.17, 15) is 14.5 Å². The fraction of sp³-hybridized carbons (Fsp3) is 0.611. The highest BCUT2D eigenvalue weighted by molar-refractivity contribution is 5.93. The summed E-state index contributed by atoms with van der Waals surface area (Å²) in [5.74, 6) is 0.105. The molecular formula is C18H28N4O6+2. The number of hydrogen-bond acceptors (Lipinski definition) is 5. The lowest BCUT2D eigenvalue weighted by Gasteiger charge is -2.27. The van der Waals surface area contributed by atoms with Gasteiger partial charge in [0.05, 0.1) is 6.54 Å². The normalized spacial score (nSPS) is 15.3. The standard InChI is InChI=1S/C18H26N4O6/c1-14(15-6-3-2-4-7-15)20-18(24)27-13-21-10-5-8-16(12-21)17(23)19-9-11-28-22(25)26/h5,8,10,12,14-15H,2-4,6-7,9,11,13H2,1H3,(H-2,19,20,23,24,25,26)/p+2/t14-/m1/s1. The summed E-state index contributed by atoms with van der Waals surface area (Å²) in [5.41, 5.74) is 0.352. The number of carbonyl (C=O) groups is 2. The molecule has 2 amide bonds. The summed E-state index contributed by atoms with van der Waals surface area (Å²) >= 11 is 0. The van der Waals surface area contributed by atoms with Crippen LogP contribution in [0.5, 0.6) is 0 Å². The second-order valence-electron chi connectivity index (χ2n) is 6.83. The van der Waals surface area contributed by atoms with Crippen LogP contribution in [0.25, 0.3) is 0 Å². The van der Waals surface area contributed by atoms with Crippen molar-refractivity contribution >= 4 is 12.0 Å². The van der Waals surface area contributed by atoms with Crippen LogP contribution in [0.15, 0.2) is 24.5 Å². The minimum Gasteiger partial charge on any atom is -0.388 e. The highest BCUT2D eigenvalue weighted by Crippen LogP contribution is 2.26. The number of pyridine rings is 1. The first-order chi connectivity index (χ1) is 13.5. The molecular weight excluding hydrogens is 368 g/mol. The lowest BCUT2D eigenvalue weighted by molar-refractivity contribution is -0.975. The van der Waals surface area contributed by atoms with Crippen LogP contribution >= 0.6 is 0 Å². The Bertz CT molecular complexity index is 678. The van der Waals surface area contributed by atoms with Gasteiger partial charge in [-0.15, -0.1) is 0 Å². The van der Waals surface area contributed by atoms with Crippen molar-refractivity contribution in [3.63, 3.8) is 0 Å². The van der Waals surface area contributed by atoms with Gasteiger partial charge in [0.25, 0.3) is 12.6 Å². The topological polar surface area (TPSA) is 121 Å². The van der Waals surface area contributed by atoms with Crippen LogP contribution in [-0.2, 0) is 16.3 Å². The van der Waals surface area contributed by atoms with Crippen molar-refractivity contribution < 1.29 is 34.0 Å². The van der Waals surface area contributed by atoms with E-state index in [1.807, 2.05) is 6.92 Å². The quantitative estimate of drug-likeness (QED) is 0.330. The first kappa shape index (κ1) is 21.4. The lowest BCUT2D eigenvalue weighted by Crippen LogP contribution is -2.43. The summed E-state index contributed by atoms with van der Waals surface area (Å²) in [6.07, 6.45) is 8.67. The largest absolute Gasteiger partial charge is 0.475 e. The fourth-order valence-corrected chi connectivity index (χ4v) is 3.24. The molecule has 10 heteroatoms. The molecule has 1 fully saturated rings. The van der Waals surface area contributed by atoms with Gasteiger partial charge in [-0.25, -0.2) is 10.0 Å². The van der Waals surface area contributed by atoms with Crippen molar-refractivity contribution in [2.45, 2.75) is 51.8 Å². The molecule has 1 saturated carbocycles. The molecule has 1 heterocycles. The summed E-state index contributed by atoms with van der Waals surface area (Å²) in [6, 6.07) is 3.33. The molecule has 1 aliphatic carbocycles. The van der Waals surface area contributed by atoms with Crippen LogP contribution in [0.4, 0.5) is 4.79 Å². The summed E-state index contributed by atoms with van der Waals surface area (Å²) in [6.45, 7) is 1.86. The molecule has 0 saturated heterocycles. The maximum atomic E-state index is 12.0. The van der Waals surface area contributed by atoms with Crippen molar-refractivity contribution in [3.05, 3.63) is 35.0 Å². The molecule has 154 valence electrons. The zero-order valence-electron chi connectivity index (χ0n) is 16.0. The van der Waals surface area contributed by atoms with Gasteiger partial charge in [-0.3, -0.25) is 4.79 Å². The van der Waals surface area contributed by atoms with Gasteiger partial charge in [0.15, 0.2) is 19.0 Å². The van der Waals surface area contributed by atoms with Crippen molar-refractivity contribution in [2.24, 2.45) is 5.92 Å². The SMILES string of the molecule is C[C@@H](NC(=O)OC[n+]1cccc(C(=O)NCCO[N+](=O)O)c1)C1CCCCC1. The maximum absolute atomic E-state index is 12.0. The Hall–Kier alpha value is -2.91. The minimum absolute atomic E-state index is 0.0247. The Labute approximate surface area is 163 Å². The van der Waals surface area contributed by atoms with Gasteiger partial charge in [0.2, 0.25) is 0 Å². The van der Waals surface area contributed by atoms with Crippen molar-refractivity contribution in [1.82, 2.24) is 10.6 Å². The van der Waals surface area contributed by atoms with Crippen LogP contribution in [0.2, 0.25) is 0 Å². The van der Waals surface area contributed by atoms with E-state index in [-0.39, 0.29) is 31.8 Å². The van der Waals surface area contributed by atoms with Gasteiger partial charge in [-0.1, -0.05) is 19.3 Å². The summed E-state index contributed by atoms with van der Waals surface area (Å²) in [5, 5.41) is 13.0. The van der Waals surface area contributed by atoms with Crippen molar-refractivity contribution in [1.29, 1.82) is 0 Å². The third-order valence-corrected chi connectivity index (χ3v) is 4.76. The van der Waals surface area contributed by atoms with Gasteiger partial charge in [0.1, 0.15) is 10.5 Å². The maximum Gasteiger partial charge on any atom is 0.475 e. The van der Waals surface area contributed by atoms with Gasteiger partial charge >= 0.3 is 11.2 Å². The van der Waals surface area contributed by atoms with E-state index in [4.69, 9.17) is 9.94 Å². The molecule has 28 heavy (non-hydrogen) atoms. The first-order valence-electron chi connectivity index (χ1n) is 9.45. The number of hydrogen-bond donors (Lipinski definition) is 3. The Kier molecular flexibility index (Phi) is 8.44. The van der Waals surface area contributed by atoms with E-state index in [2.05, 4.69) is 15.5 Å². The molecule has 0 radical (unpaired) electrons. The number of carbonyl (C=O) groups excluding carboxylic acids is 2. The smallest absolute Gasteiger partial charge is 0.388 e. The highest BCUT2D eigenvalue weighted by atomic mass is 16.9. The Morgan fingerprint density at radius 2 is 2.11 bits per heavy atom. The van der Waals surface area contributed by atoms with Crippen molar-refractivity contribution in [3.8, 4) is 0 Å². The first-order valence-corrected chi connectivity index (χ1v) is 9.45. The molecule has 3 N–H and O–H groups in total. The minimum atomic E-state index is -0.667. The third kappa shape index (κ3) is 7.37. The summed E-state index contributed by atoms with van der Waals surface area (Å²) in [4.78, 5) is 38.5. The van der Waals surface area contributed by atoms with E-state index in [0.29, 0.717) is 11.5 Å². The molecule has 1 aromatic heterocycles. The number of amides is 2. The zero-order valence-corrected chi connectivity index (χ0v) is 16.0. The fourth-order valence-electron chi connectivity index (χ4n) is 3.24. The van der Waals surface area contributed by atoms with Crippen molar-refractivity contribution in [2.75, 3.05) is 13.2 Å². The van der Waals surface area contributed by atoms with Crippen LogP contribution in [0.1, 0.15) is 49.4 Å². The predicted molar refractivity (Wildman–Crippen MR) is 96.0 cm³/mol. The van der Waals surface area contributed by atoms with E-state index in [1.54, 1.807) is 29.1 Å². The number of alkyl carbamates (subject to hydrolysis) is 1. The molecule has 0 bridgehead atoms. The van der Waals surface area contributed by atoms with Crippen LogP contribution in [0, 0.1) is 10.8 Å². The average molecular weight is 396 g/mol. The molecule has 1 aromatic rings. The second kappa shape index (κ2) is 11.1. The molecule has 0 spiro atoms. The summed E-state index contributed by atoms with van der Waals surface area (Å²) in [7, 11) is 0. The molecule has 0 unspecified atom stereocenters. The number of rotatable bonds is 9. The zero-order chi connectivity index (χ0) is 20.4. The molecule has 1 aliphatic rings. The van der Waals surface area contributed by atoms with Crippen LogP contribution in [-0.4, -0.2) is 41.5 Å². The predicted octanol–water partition coefficient (Wildman–Crippen LogP) is 1.46. The number of ether oxygens (including phenoxy) is 1. The van der Waals surface area contributed by atoms with E-state index in [1.165, 1.54) is 19.3 Å². The molecule has 10 nitrogen and oxygen atoms in total. The van der Waals surface area contributed by atoms with E-state index < -0.39 is 11.2 Å². The molecule has 2 rings (SSSR count). The van der Waals surface area contributed by atoms with Crippen LogP contribution in [0.3, 0.4) is 0 Å². The molecule has 0 aromatic carbocycles.